The topological polar surface area (TPSA) is 109 Å². The van der Waals surface area contributed by atoms with Gasteiger partial charge < -0.3 is 5.11 Å². The summed E-state index contributed by atoms with van der Waals surface area (Å²) in [6, 6.07) is 12.2. The fraction of sp³-hybridized carbons (Fsp3) is 0. The Hall–Kier alpha value is -2.65. The molecule has 0 atom stereocenters. The number of halogens is 2. The van der Waals surface area contributed by atoms with Gasteiger partial charge in [-0.15, -0.1) is 0 Å². The van der Waals surface area contributed by atoms with Crippen LogP contribution in [0, 0.1) is 0 Å². The summed E-state index contributed by atoms with van der Waals surface area (Å²) in [5, 5.41) is 11.5. The predicted molar refractivity (Wildman–Crippen MR) is 105 cm³/mol. The van der Waals surface area contributed by atoms with Gasteiger partial charge in [0.2, 0.25) is 5.88 Å². The number of aliphatic imine (C=N–C) groups is 1. The summed E-state index contributed by atoms with van der Waals surface area (Å²) in [6.45, 7) is 0. The number of hydrogen-bond donors (Lipinski definition) is 2. The molecule has 7 nitrogen and oxygen atoms in total. The smallest absolute Gasteiger partial charge is 0.366 e. The molecule has 0 fully saturated rings. The van der Waals surface area contributed by atoms with Crippen molar-refractivity contribution < 1.29 is 22.9 Å². The van der Waals surface area contributed by atoms with Crippen molar-refractivity contribution in [1.82, 2.24) is 3.97 Å². The lowest BCUT2D eigenvalue weighted by atomic mass is 10.0. The fourth-order valence-electron chi connectivity index (χ4n) is 3.10. The first-order valence-corrected chi connectivity index (χ1v) is 9.94. The van der Waals surface area contributed by atoms with E-state index in [1.165, 1.54) is 24.3 Å². The van der Waals surface area contributed by atoms with Gasteiger partial charge in [-0.2, -0.15) is 12.4 Å². The molecule has 2 heterocycles. The Morgan fingerprint density at radius 3 is 1.86 bits per heavy atom. The Morgan fingerprint density at radius 1 is 0.857 bits per heavy atom. The molecule has 0 unspecified atom stereocenters. The molecule has 4 rings (SSSR count). The second-order valence-electron chi connectivity index (χ2n) is 5.94. The normalized spacial score (nSPS) is 13.5. The monoisotopic (exact) mass is 436 g/mol. The Bertz CT molecular complexity index is 1260. The van der Waals surface area contributed by atoms with Gasteiger partial charge in [-0.25, -0.2) is 4.99 Å². The van der Waals surface area contributed by atoms with E-state index in [-0.39, 0.29) is 28.1 Å². The zero-order valence-electron chi connectivity index (χ0n) is 13.8. The van der Waals surface area contributed by atoms with Crippen LogP contribution < -0.4 is 0 Å². The van der Waals surface area contributed by atoms with E-state index in [1.54, 1.807) is 24.3 Å². The quantitative estimate of drug-likeness (QED) is 0.606. The number of nitrogens with zero attached hydrogens (tertiary/aromatic N) is 2. The van der Waals surface area contributed by atoms with Crippen LogP contribution in [0.25, 0.3) is 11.3 Å². The van der Waals surface area contributed by atoms with Crippen molar-refractivity contribution in [1.29, 1.82) is 0 Å². The summed E-state index contributed by atoms with van der Waals surface area (Å²) in [4.78, 5) is 16.6. The first-order chi connectivity index (χ1) is 13.2. The average molecular weight is 437 g/mol. The van der Waals surface area contributed by atoms with E-state index in [0.717, 1.165) is 0 Å². The number of aromatic nitrogens is 1. The standard InChI is InChI=1S/C18H10Cl2N2O5S/c19-11-5-1-9(2-6-11)15-13-14(17(23)21-15)16(10-3-7-12(20)8-4-10)22(18(13)24)28(25,26)27/h1-8,24H,(H,25,26,27). The third-order valence-electron chi connectivity index (χ3n) is 4.24. The van der Waals surface area contributed by atoms with Crippen LogP contribution in [0.3, 0.4) is 0 Å². The van der Waals surface area contributed by atoms with Crippen molar-refractivity contribution in [2.75, 3.05) is 0 Å². The molecule has 2 aromatic carbocycles. The number of rotatable bonds is 3. The maximum absolute atomic E-state index is 12.6. The van der Waals surface area contributed by atoms with Gasteiger partial charge in [0.1, 0.15) is 0 Å². The van der Waals surface area contributed by atoms with Gasteiger partial charge in [-0.3, -0.25) is 9.35 Å². The molecule has 28 heavy (non-hydrogen) atoms. The molecule has 0 saturated heterocycles. The molecule has 0 bridgehead atoms. The summed E-state index contributed by atoms with van der Waals surface area (Å²) < 4.78 is 34.0. The molecule has 0 aliphatic carbocycles. The van der Waals surface area contributed by atoms with Crippen LogP contribution in [0.4, 0.5) is 0 Å². The molecule has 1 aliphatic rings. The van der Waals surface area contributed by atoms with Gasteiger partial charge in [0, 0.05) is 21.2 Å². The zero-order chi connectivity index (χ0) is 20.2. The van der Waals surface area contributed by atoms with Crippen molar-refractivity contribution in [3.8, 4) is 17.1 Å². The van der Waals surface area contributed by atoms with Gasteiger partial charge in [-0.1, -0.05) is 47.5 Å². The minimum Gasteiger partial charge on any atom is -0.493 e. The van der Waals surface area contributed by atoms with Crippen LogP contribution in [0.2, 0.25) is 10.0 Å². The lowest BCUT2D eigenvalue weighted by molar-refractivity contribution is 0.101. The minimum absolute atomic E-state index is 0.0757. The molecule has 142 valence electrons. The lowest BCUT2D eigenvalue weighted by Gasteiger charge is -2.09. The number of fused-ring (bicyclic) bond motifs is 1. The van der Waals surface area contributed by atoms with Crippen LogP contribution in [0.5, 0.6) is 5.88 Å². The summed E-state index contributed by atoms with van der Waals surface area (Å²) in [7, 11) is -4.93. The predicted octanol–water partition coefficient (Wildman–Crippen LogP) is 3.81. The summed E-state index contributed by atoms with van der Waals surface area (Å²) in [5.74, 6) is -1.57. The largest absolute Gasteiger partial charge is 0.493 e. The van der Waals surface area contributed by atoms with Crippen LogP contribution in [0.15, 0.2) is 53.5 Å². The molecule has 2 N–H and O–H groups in total. The summed E-state index contributed by atoms with van der Waals surface area (Å²) >= 11 is 11.7. The molecule has 3 aromatic rings. The van der Waals surface area contributed by atoms with E-state index in [2.05, 4.69) is 4.99 Å². The number of carbonyl (C=O) groups excluding carboxylic acids is 1. The SMILES string of the molecule is O=C1N=C(c2ccc(Cl)cc2)c2c1c(-c1ccc(Cl)cc1)n(S(=O)(=O)O)c2O. The molecule has 1 amide bonds. The van der Waals surface area contributed by atoms with Crippen molar-refractivity contribution in [2.45, 2.75) is 0 Å². The number of amides is 1. The highest BCUT2D eigenvalue weighted by molar-refractivity contribution is 7.84. The van der Waals surface area contributed by atoms with E-state index in [4.69, 9.17) is 23.2 Å². The highest BCUT2D eigenvalue weighted by Crippen LogP contribution is 2.42. The molecule has 1 aliphatic heterocycles. The lowest BCUT2D eigenvalue weighted by Crippen LogP contribution is -2.13. The third-order valence-corrected chi connectivity index (χ3v) is 5.56. The fourth-order valence-corrected chi connectivity index (χ4v) is 4.08. The first-order valence-electron chi connectivity index (χ1n) is 7.79. The highest BCUT2D eigenvalue weighted by atomic mass is 35.5. The average Bonchev–Trinajstić information content (AvgIpc) is 3.12. The van der Waals surface area contributed by atoms with Gasteiger partial charge in [0.05, 0.1) is 22.5 Å². The number of benzene rings is 2. The minimum atomic E-state index is -4.93. The zero-order valence-corrected chi connectivity index (χ0v) is 16.1. The molecule has 10 heteroatoms. The number of hydrogen-bond acceptors (Lipinski definition) is 4. The van der Waals surface area contributed by atoms with E-state index in [1.807, 2.05) is 0 Å². The Kier molecular flexibility index (Phi) is 4.31. The van der Waals surface area contributed by atoms with Crippen molar-refractivity contribution >= 4 is 45.1 Å². The maximum atomic E-state index is 12.6. The molecular weight excluding hydrogens is 427 g/mol. The summed E-state index contributed by atoms with van der Waals surface area (Å²) in [5.41, 5.74) is 0.342. The second kappa shape index (κ2) is 6.46. The van der Waals surface area contributed by atoms with Crippen LogP contribution in [0.1, 0.15) is 21.5 Å². The molecule has 0 radical (unpaired) electrons. The van der Waals surface area contributed by atoms with Gasteiger partial charge in [0.15, 0.2) is 0 Å². The second-order valence-corrected chi connectivity index (χ2v) is 8.08. The third kappa shape index (κ3) is 2.91. The van der Waals surface area contributed by atoms with E-state index in [9.17, 15) is 22.9 Å². The van der Waals surface area contributed by atoms with Gasteiger partial charge in [-0.05, 0) is 24.3 Å². The van der Waals surface area contributed by atoms with E-state index < -0.39 is 22.1 Å². The Morgan fingerprint density at radius 2 is 1.36 bits per heavy atom. The van der Waals surface area contributed by atoms with Gasteiger partial charge >= 0.3 is 10.3 Å². The van der Waals surface area contributed by atoms with E-state index in [0.29, 0.717) is 19.6 Å². The van der Waals surface area contributed by atoms with Crippen molar-refractivity contribution in [3.63, 3.8) is 0 Å². The van der Waals surface area contributed by atoms with Crippen molar-refractivity contribution in [3.05, 3.63) is 75.3 Å². The molecule has 0 spiro atoms. The molecule has 0 saturated carbocycles. The van der Waals surface area contributed by atoms with Crippen molar-refractivity contribution in [2.24, 2.45) is 4.99 Å². The first kappa shape index (κ1) is 18.7. The maximum Gasteiger partial charge on any atom is 0.366 e. The molecular formula is C18H10Cl2N2O5S. The van der Waals surface area contributed by atoms with Crippen LogP contribution >= 0.6 is 23.2 Å². The van der Waals surface area contributed by atoms with Gasteiger partial charge in [0.25, 0.3) is 5.91 Å². The van der Waals surface area contributed by atoms with Crippen LogP contribution in [-0.4, -0.2) is 33.7 Å². The summed E-state index contributed by atoms with van der Waals surface area (Å²) in [6.07, 6.45) is 0. The number of aromatic hydroxyl groups is 1. The molecule has 1 aromatic heterocycles. The Balaban J connectivity index is 2.05. The number of carbonyl (C=O) groups is 1. The van der Waals surface area contributed by atoms with E-state index >= 15 is 0 Å². The Labute approximate surface area is 169 Å². The van der Waals surface area contributed by atoms with Crippen LogP contribution in [-0.2, 0) is 10.3 Å². The highest BCUT2D eigenvalue weighted by Gasteiger charge is 2.39.